The molecule has 22 heavy (non-hydrogen) atoms. The topological polar surface area (TPSA) is 20.9 Å². The van der Waals surface area contributed by atoms with Gasteiger partial charge in [0.25, 0.3) is 0 Å². The summed E-state index contributed by atoms with van der Waals surface area (Å²) in [6.07, 6.45) is 1.99. The van der Waals surface area contributed by atoms with Gasteiger partial charge in [-0.2, -0.15) is 4.57 Å². The molecule has 2 aromatic carbocycles. The number of pyridine rings is 1. The van der Waals surface area contributed by atoms with Crippen LogP contribution in [0, 0.1) is 5.41 Å². The van der Waals surface area contributed by atoms with Crippen LogP contribution in [-0.2, 0) is 11.3 Å². The molecule has 2 nitrogen and oxygen atoms in total. The molecule has 0 spiro atoms. The Morgan fingerprint density at radius 2 is 1.64 bits per heavy atom. The predicted octanol–water partition coefficient (Wildman–Crippen LogP) is 0.900. The number of carbonyl (C=O) groups excluding carboxylic acids is 1. The third-order valence-corrected chi connectivity index (χ3v) is 3.94. The van der Waals surface area contributed by atoms with Crippen LogP contribution >= 0.6 is 0 Å². The molecular formula is C19H20BrNO. The van der Waals surface area contributed by atoms with Gasteiger partial charge in [-0.25, -0.2) is 0 Å². The summed E-state index contributed by atoms with van der Waals surface area (Å²) in [5.74, 6) is 0.244. The second kappa shape index (κ2) is 6.17. The zero-order chi connectivity index (χ0) is 15.0. The second-order valence-electron chi connectivity index (χ2n) is 6.53. The Kier molecular flexibility index (Phi) is 4.66. The molecule has 0 saturated heterocycles. The lowest BCUT2D eigenvalue weighted by atomic mass is 9.90. The molecule has 0 fully saturated rings. The molecular weight excluding hydrogens is 338 g/mol. The fourth-order valence-corrected chi connectivity index (χ4v) is 2.56. The highest BCUT2D eigenvalue weighted by Crippen LogP contribution is 2.23. The third kappa shape index (κ3) is 3.05. The number of aromatic nitrogens is 1. The lowest BCUT2D eigenvalue weighted by Crippen LogP contribution is -3.00. The largest absolute Gasteiger partial charge is 1.00 e. The highest BCUT2D eigenvalue weighted by atomic mass is 79.9. The van der Waals surface area contributed by atoms with Crippen LogP contribution in [0.4, 0.5) is 0 Å². The number of rotatable bonds is 2. The Hall–Kier alpha value is -1.74. The van der Waals surface area contributed by atoms with E-state index in [0.717, 1.165) is 5.52 Å². The average Bonchev–Trinajstić information content (AvgIpc) is 2.46. The first-order chi connectivity index (χ1) is 9.97. The third-order valence-electron chi connectivity index (χ3n) is 3.94. The zero-order valence-corrected chi connectivity index (χ0v) is 14.7. The molecule has 1 heterocycles. The normalized spacial score (nSPS) is 11.4. The van der Waals surface area contributed by atoms with Crippen LogP contribution in [0.3, 0.4) is 0 Å². The summed E-state index contributed by atoms with van der Waals surface area (Å²) in [6, 6.07) is 16.7. The van der Waals surface area contributed by atoms with E-state index in [4.69, 9.17) is 0 Å². The number of hydrogen-bond acceptors (Lipinski definition) is 1. The van der Waals surface area contributed by atoms with E-state index >= 15 is 0 Å². The summed E-state index contributed by atoms with van der Waals surface area (Å²) in [6.45, 7) is 6.32. The fraction of sp³-hybridized carbons (Fsp3) is 0.263. The molecule has 0 aliphatic carbocycles. The Morgan fingerprint density at radius 1 is 0.955 bits per heavy atom. The van der Waals surface area contributed by atoms with E-state index in [9.17, 15) is 4.79 Å². The Balaban J connectivity index is 0.00000176. The summed E-state index contributed by atoms with van der Waals surface area (Å²) >= 11 is 0. The number of fused-ring (bicyclic) bond motifs is 3. The quantitative estimate of drug-likeness (QED) is 0.493. The van der Waals surface area contributed by atoms with E-state index in [-0.39, 0.29) is 28.2 Å². The maximum atomic E-state index is 12.3. The van der Waals surface area contributed by atoms with Gasteiger partial charge in [0, 0.05) is 17.5 Å². The van der Waals surface area contributed by atoms with Crippen molar-refractivity contribution in [2.24, 2.45) is 5.41 Å². The number of Topliss-reactive ketones (excluding diaryl/α,β-unsaturated/α-hetero) is 1. The van der Waals surface area contributed by atoms with Crippen LogP contribution in [-0.4, -0.2) is 5.78 Å². The van der Waals surface area contributed by atoms with E-state index in [1.807, 2.05) is 39.1 Å². The Labute approximate surface area is 141 Å². The van der Waals surface area contributed by atoms with Crippen molar-refractivity contribution < 1.29 is 26.3 Å². The van der Waals surface area contributed by atoms with Crippen LogP contribution < -0.4 is 21.5 Å². The zero-order valence-electron chi connectivity index (χ0n) is 13.1. The molecule has 0 aliphatic rings. The van der Waals surface area contributed by atoms with Gasteiger partial charge in [0.1, 0.15) is 0 Å². The second-order valence-corrected chi connectivity index (χ2v) is 6.53. The Morgan fingerprint density at radius 3 is 2.36 bits per heavy atom. The first kappa shape index (κ1) is 16.6. The average molecular weight is 358 g/mol. The monoisotopic (exact) mass is 357 g/mol. The van der Waals surface area contributed by atoms with E-state index in [2.05, 4.69) is 41.0 Å². The number of carbonyl (C=O) groups is 1. The predicted molar refractivity (Wildman–Crippen MR) is 86.1 cm³/mol. The van der Waals surface area contributed by atoms with Crippen molar-refractivity contribution in [2.45, 2.75) is 27.3 Å². The van der Waals surface area contributed by atoms with Crippen molar-refractivity contribution in [1.29, 1.82) is 0 Å². The Bertz CT molecular complexity index is 834. The summed E-state index contributed by atoms with van der Waals surface area (Å²) in [7, 11) is 0. The molecule has 114 valence electrons. The standard InChI is InChI=1S/C19H20NO.BrH/c1-19(2,3)18(21)13-20-12-6-9-16-15-8-5-4-7-14(15)10-11-17(16)20;/h4-12H,13H2,1-3H3;1H/q+1;/p-1. The van der Waals surface area contributed by atoms with Gasteiger partial charge in [-0.1, -0.05) is 45.0 Å². The molecule has 0 radical (unpaired) electrons. The summed E-state index contributed by atoms with van der Waals surface area (Å²) in [5, 5.41) is 3.65. The van der Waals surface area contributed by atoms with Gasteiger partial charge in [-0.05, 0) is 22.9 Å². The van der Waals surface area contributed by atoms with E-state index < -0.39 is 0 Å². The molecule has 0 amide bonds. The maximum absolute atomic E-state index is 12.3. The van der Waals surface area contributed by atoms with Gasteiger partial charge in [0.2, 0.25) is 17.8 Å². The van der Waals surface area contributed by atoms with Crippen LogP contribution in [0.2, 0.25) is 0 Å². The maximum Gasteiger partial charge on any atom is 0.213 e. The molecule has 0 saturated carbocycles. The van der Waals surface area contributed by atoms with Crippen molar-refractivity contribution in [3.8, 4) is 0 Å². The van der Waals surface area contributed by atoms with Crippen molar-refractivity contribution in [3.05, 3.63) is 54.7 Å². The minimum atomic E-state index is -0.313. The van der Waals surface area contributed by atoms with Gasteiger partial charge in [-0.15, -0.1) is 0 Å². The smallest absolute Gasteiger partial charge is 0.213 e. The summed E-state index contributed by atoms with van der Waals surface area (Å²) in [4.78, 5) is 12.3. The van der Waals surface area contributed by atoms with Crippen LogP contribution in [0.25, 0.3) is 21.7 Å². The summed E-state index contributed by atoms with van der Waals surface area (Å²) in [5.41, 5.74) is 0.792. The molecule has 0 aliphatic heterocycles. The number of benzene rings is 2. The molecule has 1 aromatic heterocycles. The van der Waals surface area contributed by atoms with Gasteiger partial charge in [0.15, 0.2) is 6.20 Å². The minimum absolute atomic E-state index is 0. The molecule has 0 N–H and O–H groups in total. The van der Waals surface area contributed by atoms with Crippen LogP contribution in [0.1, 0.15) is 20.8 Å². The lowest BCUT2D eigenvalue weighted by Gasteiger charge is -2.14. The van der Waals surface area contributed by atoms with Crippen molar-refractivity contribution in [3.63, 3.8) is 0 Å². The van der Waals surface area contributed by atoms with Gasteiger partial charge >= 0.3 is 0 Å². The highest BCUT2D eigenvalue weighted by molar-refractivity contribution is 6.05. The van der Waals surface area contributed by atoms with Gasteiger partial charge < -0.3 is 17.0 Å². The molecule has 3 aromatic rings. The highest BCUT2D eigenvalue weighted by Gasteiger charge is 2.25. The number of halogens is 1. The number of nitrogens with zero attached hydrogens (tertiary/aromatic N) is 1. The SMILES string of the molecule is CC(C)(C)C(=O)C[n+]1cccc2c3ccccc3ccc21.[Br-]. The minimum Gasteiger partial charge on any atom is -1.00 e. The summed E-state index contributed by atoms with van der Waals surface area (Å²) < 4.78 is 2.05. The molecule has 3 heteroatoms. The molecule has 0 atom stereocenters. The lowest BCUT2D eigenvalue weighted by molar-refractivity contribution is -0.658. The molecule has 0 bridgehead atoms. The van der Waals surface area contributed by atoms with Gasteiger partial charge in [-0.3, -0.25) is 4.79 Å². The number of hydrogen-bond donors (Lipinski definition) is 0. The molecule has 0 unspecified atom stereocenters. The molecule has 3 rings (SSSR count). The van der Waals surface area contributed by atoms with Crippen molar-refractivity contribution in [2.75, 3.05) is 0 Å². The van der Waals surface area contributed by atoms with E-state index in [1.54, 1.807) is 0 Å². The number of ketones is 1. The fourth-order valence-electron chi connectivity index (χ4n) is 2.56. The van der Waals surface area contributed by atoms with E-state index in [0.29, 0.717) is 6.54 Å². The van der Waals surface area contributed by atoms with Crippen LogP contribution in [0.5, 0.6) is 0 Å². The first-order valence-corrected chi connectivity index (χ1v) is 7.30. The van der Waals surface area contributed by atoms with E-state index in [1.165, 1.54) is 16.2 Å². The van der Waals surface area contributed by atoms with Crippen molar-refractivity contribution in [1.82, 2.24) is 0 Å². The van der Waals surface area contributed by atoms with Crippen LogP contribution in [0.15, 0.2) is 54.7 Å². The first-order valence-electron chi connectivity index (χ1n) is 7.30. The van der Waals surface area contributed by atoms with Gasteiger partial charge in [0.05, 0.1) is 5.39 Å². The van der Waals surface area contributed by atoms with Crippen molar-refractivity contribution >= 4 is 27.5 Å².